The summed E-state index contributed by atoms with van der Waals surface area (Å²) in [5, 5.41) is 0.403. The number of methoxy groups -OCH3 is 1. The molecular formula is C10H13ClN2O2. The van der Waals surface area contributed by atoms with E-state index < -0.39 is 0 Å². The van der Waals surface area contributed by atoms with Gasteiger partial charge >= 0.3 is 6.01 Å². The molecule has 1 aromatic rings. The first-order valence-electron chi connectivity index (χ1n) is 4.74. The summed E-state index contributed by atoms with van der Waals surface area (Å²) in [5.74, 6) is 0.125. The molecule has 0 aliphatic carbocycles. The van der Waals surface area contributed by atoms with Crippen LogP contribution in [0.1, 0.15) is 25.5 Å². The molecule has 1 heterocycles. The number of aromatic nitrogens is 2. The average Bonchev–Trinajstić information content (AvgIpc) is 2.21. The summed E-state index contributed by atoms with van der Waals surface area (Å²) in [6.07, 6.45) is 3.06. The average molecular weight is 229 g/mol. The lowest BCUT2D eigenvalue weighted by atomic mass is 10.1. The fourth-order valence-electron chi connectivity index (χ4n) is 1.16. The van der Waals surface area contributed by atoms with E-state index in [-0.39, 0.29) is 18.2 Å². The van der Waals surface area contributed by atoms with Gasteiger partial charge in [0, 0.05) is 6.42 Å². The van der Waals surface area contributed by atoms with Gasteiger partial charge in [0.05, 0.1) is 30.4 Å². The highest BCUT2D eigenvalue weighted by molar-refractivity contribution is 6.31. The summed E-state index contributed by atoms with van der Waals surface area (Å²) in [4.78, 5) is 19.3. The van der Waals surface area contributed by atoms with Crippen LogP contribution >= 0.6 is 11.6 Å². The van der Waals surface area contributed by atoms with Crippen molar-refractivity contribution in [1.29, 1.82) is 0 Å². The van der Waals surface area contributed by atoms with E-state index in [1.54, 1.807) is 0 Å². The van der Waals surface area contributed by atoms with E-state index in [1.807, 2.05) is 6.92 Å². The van der Waals surface area contributed by atoms with Gasteiger partial charge in [0.1, 0.15) is 5.78 Å². The Bertz CT molecular complexity index is 355. The van der Waals surface area contributed by atoms with Gasteiger partial charge in [-0.1, -0.05) is 18.5 Å². The highest BCUT2D eigenvalue weighted by Crippen LogP contribution is 2.16. The Balaban J connectivity index is 2.79. The van der Waals surface area contributed by atoms with Crippen LogP contribution in [0.4, 0.5) is 0 Å². The Labute approximate surface area is 93.6 Å². The standard InChI is InChI=1S/C10H13ClN2O2/c1-3-4-7(14)5-9-8(11)6-12-10(13-9)15-2/h6H,3-5H2,1-2H3. The summed E-state index contributed by atoms with van der Waals surface area (Å²) in [5.41, 5.74) is 0.530. The minimum atomic E-state index is 0.125. The second-order valence-corrected chi connectivity index (χ2v) is 3.52. The van der Waals surface area contributed by atoms with Gasteiger partial charge < -0.3 is 4.74 Å². The van der Waals surface area contributed by atoms with Crippen LogP contribution in [0.3, 0.4) is 0 Å². The van der Waals surface area contributed by atoms with Crippen molar-refractivity contribution in [3.63, 3.8) is 0 Å². The SMILES string of the molecule is CCCC(=O)Cc1nc(OC)ncc1Cl. The molecule has 82 valence electrons. The lowest BCUT2D eigenvalue weighted by Gasteiger charge is -2.03. The maximum atomic E-state index is 11.4. The van der Waals surface area contributed by atoms with E-state index in [4.69, 9.17) is 16.3 Å². The zero-order valence-electron chi connectivity index (χ0n) is 8.79. The highest BCUT2D eigenvalue weighted by Gasteiger charge is 2.10. The summed E-state index contributed by atoms with van der Waals surface area (Å²) < 4.78 is 4.86. The van der Waals surface area contributed by atoms with Crippen molar-refractivity contribution in [2.75, 3.05) is 7.11 Å². The third-order valence-corrected chi connectivity index (χ3v) is 2.19. The molecule has 0 amide bonds. The van der Waals surface area contributed by atoms with Gasteiger partial charge in [0.25, 0.3) is 0 Å². The summed E-state index contributed by atoms with van der Waals surface area (Å²) >= 11 is 5.86. The molecule has 0 unspecified atom stereocenters. The first kappa shape index (κ1) is 11.9. The number of ether oxygens (including phenoxy) is 1. The number of Topliss-reactive ketones (excluding diaryl/α,β-unsaturated/α-hetero) is 1. The molecule has 0 N–H and O–H groups in total. The monoisotopic (exact) mass is 228 g/mol. The van der Waals surface area contributed by atoms with Gasteiger partial charge in [0.15, 0.2) is 0 Å². The van der Waals surface area contributed by atoms with Crippen molar-refractivity contribution in [1.82, 2.24) is 9.97 Å². The highest BCUT2D eigenvalue weighted by atomic mass is 35.5. The topological polar surface area (TPSA) is 52.1 Å². The number of hydrogen-bond acceptors (Lipinski definition) is 4. The molecular weight excluding hydrogens is 216 g/mol. The van der Waals surface area contributed by atoms with Crippen LogP contribution in [-0.2, 0) is 11.2 Å². The predicted octanol–water partition coefficient (Wildman–Crippen LogP) is 2.05. The Morgan fingerprint density at radius 2 is 2.33 bits per heavy atom. The van der Waals surface area contributed by atoms with Gasteiger partial charge in [-0.25, -0.2) is 4.98 Å². The fourth-order valence-corrected chi connectivity index (χ4v) is 1.32. The number of nitrogens with zero attached hydrogens (tertiary/aromatic N) is 2. The van der Waals surface area contributed by atoms with Crippen LogP contribution in [0, 0.1) is 0 Å². The minimum Gasteiger partial charge on any atom is -0.467 e. The van der Waals surface area contributed by atoms with Crippen molar-refractivity contribution >= 4 is 17.4 Å². The Kier molecular flexibility index (Phi) is 4.49. The smallest absolute Gasteiger partial charge is 0.316 e. The summed E-state index contributed by atoms with van der Waals surface area (Å²) in [6.45, 7) is 1.96. The van der Waals surface area contributed by atoms with Gasteiger partial charge in [0.2, 0.25) is 0 Å². The van der Waals surface area contributed by atoms with Crippen LogP contribution in [0.15, 0.2) is 6.20 Å². The first-order chi connectivity index (χ1) is 7.17. The second-order valence-electron chi connectivity index (χ2n) is 3.12. The summed E-state index contributed by atoms with van der Waals surface area (Å²) in [7, 11) is 1.47. The number of hydrogen-bond donors (Lipinski definition) is 0. The van der Waals surface area contributed by atoms with Gasteiger partial charge in [-0.3, -0.25) is 4.79 Å². The lowest BCUT2D eigenvalue weighted by molar-refractivity contribution is -0.118. The first-order valence-corrected chi connectivity index (χ1v) is 5.12. The van der Waals surface area contributed by atoms with Crippen LogP contribution in [0.25, 0.3) is 0 Å². The van der Waals surface area contributed by atoms with Crippen LogP contribution < -0.4 is 4.74 Å². The lowest BCUT2D eigenvalue weighted by Crippen LogP contribution is -2.06. The Hall–Kier alpha value is -1.16. The fraction of sp³-hybridized carbons (Fsp3) is 0.500. The Morgan fingerprint density at radius 1 is 1.60 bits per heavy atom. The molecule has 0 spiro atoms. The number of rotatable bonds is 5. The maximum absolute atomic E-state index is 11.4. The normalized spacial score (nSPS) is 10.1. The molecule has 5 heteroatoms. The largest absolute Gasteiger partial charge is 0.467 e. The second kappa shape index (κ2) is 5.66. The maximum Gasteiger partial charge on any atom is 0.316 e. The van der Waals surface area contributed by atoms with Gasteiger partial charge in [-0.05, 0) is 6.42 Å². The number of halogens is 1. The van der Waals surface area contributed by atoms with E-state index in [0.29, 0.717) is 17.1 Å². The van der Waals surface area contributed by atoms with Crippen molar-refractivity contribution in [2.24, 2.45) is 0 Å². The molecule has 1 aromatic heterocycles. The molecule has 1 rings (SSSR count). The molecule has 0 bridgehead atoms. The van der Waals surface area contributed by atoms with Crippen LogP contribution in [-0.4, -0.2) is 22.9 Å². The zero-order valence-corrected chi connectivity index (χ0v) is 9.54. The third-order valence-electron chi connectivity index (χ3n) is 1.87. The number of ketones is 1. The molecule has 15 heavy (non-hydrogen) atoms. The molecule has 0 aliphatic heterocycles. The predicted molar refractivity (Wildman–Crippen MR) is 57.2 cm³/mol. The molecule has 4 nitrogen and oxygen atoms in total. The molecule has 0 saturated carbocycles. The zero-order chi connectivity index (χ0) is 11.3. The molecule has 0 saturated heterocycles. The van der Waals surface area contributed by atoms with E-state index in [1.165, 1.54) is 13.3 Å². The van der Waals surface area contributed by atoms with E-state index in [9.17, 15) is 4.79 Å². The molecule has 0 aliphatic rings. The van der Waals surface area contributed by atoms with Gasteiger partial charge in [-0.15, -0.1) is 0 Å². The number of carbonyl (C=O) groups is 1. The molecule has 0 aromatic carbocycles. The molecule has 0 fully saturated rings. The summed E-state index contributed by atoms with van der Waals surface area (Å²) in [6, 6.07) is 0.235. The van der Waals surface area contributed by atoms with Crippen molar-refractivity contribution in [2.45, 2.75) is 26.2 Å². The van der Waals surface area contributed by atoms with E-state index >= 15 is 0 Å². The number of carbonyl (C=O) groups excluding carboxylic acids is 1. The van der Waals surface area contributed by atoms with Crippen molar-refractivity contribution in [3.05, 3.63) is 16.9 Å². The van der Waals surface area contributed by atoms with Crippen molar-refractivity contribution < 1.29 is 9.53 Å². The Morgan fingerprint density at radius 3 is 2.93 bits per heavy atom. The van der Waals surface area contributed by atoms with Crippen molar-refractivity contribution in [3.8, 4) is 6.01 Å². The van der Waals surface area contributed by atoms with Crippen LogP contribution in [0.5, 0.6) is 6.01 Å². The molecule has 0 atom stereocenters. The third kappa shape index (κ3) is 3.47. The molecule has 0 radical (unpaired) electrons. The van der Waals surface area contributed by atoms with Crippen LogP contribution in [0.2, 0.25) is 5.02 Å². The van der Waals surface area contributed by atoms with E-state index in [2.05, 4.69) is 9.97 Å². The van der Waals surface area contributed by atoms with Gasteiger partial charge in [-0.2, -0.15) is 4.98 Å². The quantitative estimate of drug-likeness (QED) is 0.774. The van der Waals surface area contributed by atoms with E-state index in [0.717, 1.165) is 6.42 Å². The minimum absolute atomic E-state index is 0.125.